The van der Waals surface area contributed by atoms with Gasteiger partial charge in [0.1, 0.15) is 0 Å². The third kappa shape index (κ3) is 2.29. The van der Waals surface area contributed by atoms with E-state index in [1.54, 1.807) is 0 Å². The molecule has 0 radical (unpaired) electrons. The second-order valence-electron chi connectivity index (χ2n) is 5.06. The van der Waals surface area contributed by atoms with Gasteiger partial charge in [-0.25, -0.2) is 0 Å². The lowest BCUT2D eigenvalue weighted by molar-refractivity contribution is -0.110. The number of hydrogen-bond donors (Lipinski definition) is 1. The molecule has 0 aromatic heterocycles. The summed E-state index contributed by atoms with van der Waals surface area (Å²) in [6, 6.07) is 12.1. The minimum atomic E-state index is -0.0426. The third-order valence-electron chi connectivity index (χ3n) is 3.50. The molecular formula is C17H14BrNO. The van der Waals surface area contributed by atoms with Crippen molar-refractivity contribution in [1.29, 1.82) is 0 Å². The number of hydrogen-bond acceptors (Lipinski definition) is 1. The molecule has 0 saturated heterocycles. The zero-order chi connectivity index (χ0) is 14.3. The zero-order valence-electron chi connectivity index (χ0n) is 11.3. The largest absolute Gasteiger partial charge is 0.321 e. The first kappa shape index (κ1) is 13.1. The normalized spacial score (nSPS) is 15.3. The van der Waals surface area contributed by atoms with Gasteiger partial charge in [-0.05, 0) is 49.2 Å². The Balaban J connectivity index is 2.15. The molecule has 20 heavy (non-hydrogen) atoms. The molecule has 0 bridgehead atoms. The van der Waals surface area contributed by atoms with E-state index in [1.165, 1.54) is 11.1 Å². The van der Waals surface area contributed by atoms with Gasteiger partial charge in [-0.15, -0.1) is 0 Å². The molecule has 3 heteroatoms. The van der Waals surface area contributed by atoms with Crippen LogP contribution in [-0.2, 0) is 4.79 Å². The van der Waals surface area contributed by atoms with Crippen LogP contribution in [0.3, 0.4) is 0 Å². The van der Waals surface area contributed by atoms with Gasteiger partial charge in [0.25, 0.3) is 5.91 Å². The molecule has 1 aliphatic rings. The Morgan fingerprint density at radius 3 is 2.70 bits per heavy atom. The molecular weight excluding hydrogens is 314 g/mol. The van der Waals surface area contributed by atoms with Gasteiger partial charge in [-0.2, -0.15) is 0 Å². The third-order valence-corrected chi connectivity index (χ3v) is 3.99. The van der Waals surface area contributed by atoms with Crippen LogP contribution in [0, 0.1) is 13.8 Å². The highest BCUT2D eigenvalue weighted by Gasteiger charge is 2.24. The minimum Gasteiger partial charge on any atom is -0.321 e. The molecule has 1 N–H and O–H groups in total. The van der Waals surface area contributed by atoms with E-state index in [2.05, 4.69) is 53.3 Å². The fraction of sp³-hybridized carbons (Fsp3) is 0.118. The van der Waals surface area contributed by atoms with Gasteiger partial charge < -0.3 is 5.32 Å². The van der Waals surface area contributed by atoms with Gasteiger partial charge in [-0.1, -0.05) is 39.7 Å². The summed E-state index contributed by atoms with van der Waals surface area (Å²) >= 11 is 3.46. The Morgan fingerprint density at radius 1 is 1.10 bits per heavy atom. The number of benzene rings is 2. The number of carbonyl (C=O) groups is 1. The van der Waals surface area contributed by atoms with E-state index in [4.69, 9.17) is 0 Å². The van der Waals surface area contributed by atoms with Crippen LogP contribution < -0.4 is 5.32 Å². The number of anilines is 1. The molecule has 0 aliphatic carbocycles. The minimum absolute atomic E-state index is 0.0426. The topological polar surface area (TPSA) is 29.1 Å². The Kier molecular flexibility index (Phi) is 3.22. The van der Waals surface area contributed by atoms with Crippen LogP contribution in [0.15, 0.2) is 40.9 Å². The maximum absolute atomic E-state index is 12.1. The van der Waals surface area contributed by atoms with Crippen LogP contribution in [0.1, 0.15) is 22.3 Å². The van der Waals surface area contributed by atoms with Crippen molar-refractivity contribution < 1.29 is 4.79 Å². The summed E-state index contributed by atoms with van der Waals surface area (Å²) in [6.45, 7) is 4.11. The van der Waals surface area contributed by atoms with Gasteiger partial charge in [0.05, 0.1) is 0 Å². The van der Waals surface area contributed by atoms with E-state index < -0.39 is 0 Å². The highest BCUT2D eigenvalue weighted by Crippen LogP contribution is 2.35. The van der Waals surface area contributed by atoms with Gasteiger partial charge in [0, 0.05) is 21.3 Å². The van der Waals surface area contributed by atoms with E-state index in [0.29, 0.717) is 0 Å². The lowest BCUT2D eigenvalue weighted by Crippen LogP contribution is -2.03. The summed E-state index contributed by atoms with van der Waals surface area (Å²) < 4.78 is 0.972. The molecule has 0 saturated carbocycles. The smallest absolute Gasteiger partial charge is 0.256 e. The standard InChI is InChI=1S/C17H14BrNO/c1-10-3-4-11(2)12(7-10)8-15-14-9-13(18)5-6-16(14)19-17(15)20/h3-9H,1-2H3,(H,19,20)/b15-8-. The van der Waals surface area contributed by atoms with E-state index >= 15 is 0 Å². The Bertz CT molecular complexity index is 747. The van der Waals surface area contributed by atoms with Gasteiger partial charge >= 0.3 is 0 Å². The summed E-state index contributed by atoms with van der Waals surface area (Å²) in [5, 5.41) is 2.90. The second-order valence-corrected chi connectivity index (χ2v) is 5.98. The van der Waals surface area contributed by atoms with Crippen molar-refractivity contribution in [2.45, 2.75) is 13.8 Å². The first-order valence-corrected chi connectivity index (χ1v) is 7.24. The monoisotopic (exact) mass is 327 g/mol. The highest BCUT2D eigenvalue weighted by atomic mass is 79.9. The van der Waals surface area contributed by atoms with Gasteiger partial charge in [0.15, 0.2) is 0 Å². The Morgan fingerprint density at radius 2 is 1.90 bits per heavy atom. The Hall–Kier alpha value is -1.87. The van der Waals surface area contributed by atoms with Crippen LogP contribution in [0.5, 0.6) is 0 Å². The first-order chi connectivity index (χ1) is 9.54. The van der Waals surface area contributed by atoms with Crippen molar-refractivity contribution >= 4 is 39.2 Å². The number of halogens is 1. The van der Waals surface area contributed by atoms with Crippen molar-refractivity contribution in [2.75, 3.05) is 5.32 Å². The molecule has 2 aromatic rings. The van der Waals surface area contributed by atoms with Crippen LogP contribution in [0.2, 0.25) is 0 Å². The van der Waals surface area contributed by atoms with Crippen LogP contribution in [0.25, 0.3) is 11.6 Å². The molecule has 0 unspecified atom stereocenters. The maximum atomic E-state index is 12.1. The van der Waals surface area contributed by atoms with Crippen molar-refractivity contribution in [1.82, 2.24) is 0 Å². The van der Waals surface area contributed by atoms with Crippen molar-refractivity contribution in [3.8, 4) is 0 Å². The van der Waals surface area contributed by atoms with Crippen LogP contribution in [0.4, 0.5) is 5.69 Å². The molecule has 1 amide bonds. The lowest BCUT2D eigenvalue weighted by atomic mass is 10.00. The molecule has 0 fully saturated rings. The maximum Gasteiger partial charge on any atom is 0.256 e. The fourth-order valence-electron chi connectivity index (χ4n) is 2.37. The van der Waals surface area contributed by atoms with Gasteiger partial charge in [-0.3, -0.25) is 4.79 Å². The summed E-state index contributed by atoms with van der Waals surface area (Å²) in [5.74, 6) is -0.0426. The predicted molar refractivity (Wildman–Crippen MR) is 86.6 cm³/mol. The Labute approximate surface area is 126 Å². The fourth-order valence-corrected chi connectivity index (χ4v) is 2.74. The quantitative estimate of drug-likeness (QED) is 0.764. The first-order valence-electron chi connectivity index (χ1n) is 6.45. The summed E-state index contributed by atoms with van der Waals surface area (Å²) in [5.41, 5.74) is 5.98. The van der Waals surface area contributed by atoms with Gasteiger partial charge in [0.2, 0.25) is 0 Å². The number of rotatable bonds is 1. The SMILES string of the molecule is Cc1ccc(C)c(/C=C2\C(=O)Nc3ccc(Br)cc32)c1. The summed E-state index contributed by atoms with van der Waals surface area (Å²) in [6.07, 6.45) is 1.97. The number of carbonyl (C=O) groups excluding carboxylic acids is 1. The van der Waals surface area contributed by atoms with E-state index in [1.807, 2.05) is 24.3 Å². The number of nitrogens with one attached hydrogen (secondary N) is 1. The van der Waals surface area contributed by atoms with Crippen LogP contribution in [-0.4, -0.2) is 5.91 Å². The average molecular weight is 328 g/mol. The number of aryl methyl sites for hydroxylation is 2. The van der Waals surface area contributed by atoms with E-state index in [0.717, 1.165) is 26.9 Å². The predicted octanol–water partition coefficient (Wildman–Crippen LogP) is 4.56. The number of fused-ring (bicyclic) bond motifs is 1. The average Bonchev–Trinajstić information content (AvgIpc) is 2.70. The van der Waals surface area contributed by atoms with E-state index in [9.17, 15) is 4.79 Å². The molecule has 2 nitrogen and oxygen atoms in total. The van der Waals surface area contributed by atoms with Crippen molar-refractivity contribution in [3.63, 3.8) is 0 Å². The highest BCUT2D eigenvalue weighted by molar-refractivity contribution is 9.10. The van der Waals surface area contributed by atoms with Crippen LogP contribution >= 0.6 is 15.9 Å². The van der Waals surface area contributed by atoms with E-state index in [-0.39, 0.29) is 5.91 Å². The molecule has 1 aliphatic heterocycles. The molecule has 2 aromatic carbocycles. The molecule has 3 rings (SSSR count). The zero-order valence-corrected chi connectivity index (χ0v) is 12.9. The molecule has 0 spiro atoms. The second kappa shape index (κ2) is 4.91. The lowest BCUT2D eigenvalue weighted by Gasteiger charge is -2.04. The molecule has 100 valence electrons. The number of amides is 1. The molecule has 0 atom stereocenters. The van der Waals surface area contributed by atoms with Crippen molar-refractivity contribution in [2.24, 2.45) is 0 Å². The molecule has 1 heterocycles. The van der Waals surface area contributed by atoms with Crippen molar-refractivity contribution in [3.05, 3.63) is 63.1 Å². The summed E-state index contributed by atoms with van der Waals surface area (Å²) in [4.78, 5) is 12.1. The summed E-state index contributed by atoms with van der Waals surface area (Å²) in [7, 11) is 0.